The molecule has 0 fully saturated rings. The van der Waals surface area contributed by atoms with Crippen LogP contribution in [0.25, 0.3) is 34.4 Å². The van der Waals surface area contributed by atoms with E-state index >= 15 is 0 Å². The number of fused-ring (bicyclic) bond motifs is 3. The molecule has 0 amide bonds. The second-order valence-electron chi connectivity index (χ2n) is 14.7. The minimum absolute atomic E-state index is 0.0624. The Bertz CT molecular complexity index is 2530. The summed E-state index contributed by atoms with van der Waals surface area (Å²) >= 11 is 0. The third-order valence-corrected chi connectivity index (χ3v) is 10.9. The molecule has 55 heavy (non-hydrogen) atoms. The summed E-state index contributed by atoms with van der Waals surface area (Å²) in [5.74, 6) is 0. The molecule has 0 spiro atoms. The molecule has 0 aromatic heterocycles. The van der Waals surface area contributed by atoms with Gasteiger partial charge in [0.2, 0.25) is 0 Å². The van der Waals surface area contributed by atoms with Crippen molar-refractivity contribution in [2.24, 2.45) is 0 Å². The van der Waals surface area contributed by atoms with E-state index in [0.29, 0.717) is 0 Å². The number of hydrogen-bond donors (Lipinski definition) is 0. The molecule has 0 atom stereocenters. The summed E-state index contributed by atoms with van der Waals surface area (Å²) in [6.45, 7) is 4.68. The summed E-state index contributed by atoms with van der Waals surface area (Å²) in [5, 5.41) is 0. The average molecular weight is 707 g/mol. The fourth-order valence-electron chi connectivity index (χ4n) is 7.97. The van der Waals surface area contributed by atoms with Crippen molar-refractivity contribution in [2.45, 2.75) is 19.3 Å². The Morgan fingerprint density at radius 3 is 1.22 bits per heavy atom. The highest BCUT2D eigenvalue weighted by Crippen LogP contribution is 2.50. The maximum Gasteiger partial charge on any atom is 0.0465 e. The number of benzene rings is 8. The average Bonchev–Trinajstić information content (AvgIpc) is 3.48. The second-order valence-corrected chi connectivity index (χ2v) is 14.7. The van der Waals surface area contributed by atoms with Crippen LogP contribution in [-0.4, -0.2) is 0 Å². The Hall–Kier alpha value is -6.90. The van der Waals surface area contributed by atoms with E-state index in [-0.39, 0.29) is 5.41 Å². The molecule has 8 aromatic carbocycles. The maximum absolute atomic E-state index is 2.39. The predicted octanol–water partition coefficient (Wildman–Crippen LogP) is 14.8. The number of anilines is 6. The standard InChI is InChI=1S/C53H42N2/c1-53(2)51-21-13-12-20-49(51)50-37-36-48(38-52(50)53)55(45-18-10-5-11-19-45)47-34-30-42(31-35-47)41-28-24-39(25-29-41)22-23-40-26-32-46(33-27-40)54(43-14-6-3-7-15-43)44-16-8-4-9-17-44/h3-38H,1-2H3/b23-22+. The minimum Gasteiger partial charge on any atom is -0.311 e. The van der Waals surface area contributed by atoms with Crippen molar-refractivity contribution >= 4 is 46.3 Å². The first-order valence-electron chi connectivity index (χ1n) is 19.0. The molecule has 0 saturated carbocycles. The van der Waals surface area contributed by atoms with Crippen LogP contribution in [0.5, 0.6) is 0 Å². The minimum atomic E-state index is -0.0624. The highest BCUT2D eigenvalue weighted by atomic mass is 15.1. The van der Waals surface area contributed by atoms with E-state index in [1.165, 1.54) is 33.4 Å². The van der Waals surface area contributed by atoms with Crippen molar-refractivity contribution in [1.29, 1.82) is 0 Å². The molecule has 1 aliphatic rings. The number of nitrogens with zero attached hydrogens (tertiary/aromatic N) is 2. The van der Waals surface area contributed by atoms with Gasteiger partial charge in [-0.15, -0.1) is 0 Å². The Morgan fingerprint density at radius 1 is 0.327 bits per heavy atom. The Labute approximate surface area is 324 Å². The molecule has 2 nitrogen and oxygen atoms in total. The zero-order valence-electron chi connectivity index (χ0n) is 31.2. The normalized spacial score (nSPS) is 12.6. The molecule has 0 aliphatic heterocycles. The van der Waals surface area contributed by atoms with Gasteiger partial charge in [-0.3, -0.25) is 0 Å². The van der Waals surface area contributed by atoms with E-state index in [0.717, 1.165) is 45.3 Å². The summed E-state index contributed by atoms with van der Waals surface area (Å²) in [6.07, 6.45) is 4.36. The smallest absolute Gasteiger partial charge is 0.0465 e. The van der Waals surface area contributed by atoms with Crippen molar-refractivity contribution < 1.29 is 0 Å². The fraction of sp³-hybridized carbons (Fsp3) is 0.0566. The van der Waals surface area contributed by atoms with E-state index in [1.807, 2.05) is 0 Å². The quantitative estimate of drug-likeness (QED) is 0.138. The molecule has 2 heteroatoms. The first-order chi connectivity index (χ1) is 27.0. The lowest BCUT2D eigenvalue weighted by atomic mass is 9.82. The van der Waals surface area contributed by atoms with Gasteiger partial charge in [0.05, 0.1) is 0 Å². The van der Waals surface area contributed by atoms with Crippen LogP contribution in [0.1, 0.15) is 36.1 Å². The third-order valence-electron chi connectivity index (χ3n) is 10.9. The van der Waals surface area contributed by atoms with Crippen LogP contribution in [0.4, 0.5) is 34.1 Å². The van der Waals surface area contributed by atoms with Gasteiger partial charge in [-0.2, -0.15) is 0 Å². The fourth-order valence-corrected chi connectivity index (χ4v) is 7.97. The van der Waals surface area contributed by atoms with Gasteiger partial charge in [0.1, 0.15) is 0 Å². The summed E-state index contributed by atoms with van der Waals surface area (Å²) in [4.78, 5) is 4.65. The van der Waals surface area contributed by atoms with Gasteiger partial charge in [0.25, 0.3) is 0 Å². The van der Waals surface area contributed by atoms with Crippen molar-refractivity contribution in [3.8, 4) is 22.3 Å². The van der Waals surface area contributed by atoms with E-state index in [4.69, 9.17) is 0 Å². The summed E-state index contributed by atoms with van der Waals surface area (Å²) < 4.78 is 0. The molecular formula is C53H42N2. The van der Waals surface area contributed by atoms with Gasteiger partial charge >= 0.3 is 0 Å². The first-order valence-corrected chi connectivity index (χ1v) is 19.0. The molecule has 1 aliphatic carbocycles. The molecule has 0 radical (unpaired) electrons. The first kappa shape index (κ1) is 33.9. The van der Waals surface area contributed by atoms with Crippen molar-refractivity contribution in [3.05, 3.63) is 229 Å². The predicted molar refractivity (Wildman–Crippen MR) is 234 cm³/mol. The SMILES string of the molecule is CC1(C)c2ccccc2-c2ccc(N(c3ccccc3)c3ccc(-c4ccc(/C=C/c5ccc(N(c6ccccc6)c6ccccc6)cc5)cc4)cc3)cc21. The largest absolute Gasteiger partial charge is 0.311 e. The monoisotopic (exact) mass is 706 g/mol. The lowest BCUT2D eigenvalue weighted by Crippen LogP contribution is -2.16. The highest BCUT2D eigenvalue weighted by molar-refractivity contribution is 5.86. The lowest BCUT2D eigenvalue weighted by Gasteiger charge is -2.28. The van der Waals surface area contributed by atoms with E-state index < -0.39 is 0 Å². The molecule has 0 saturated heterocycles. The Kier molecular flexibility index (Phi) is 8.94. The van der Waals surface area contributed by atoms with E-state index in [9.17, 15) is 0 Å². The van der Waals surface area contributed by atoms with Gasteiger partial charge in [0, 0.05) is 39.5 Å². The van der Waals surface area contributed by atoms with Gasteiger partial charge in [-0.25, -0.2) is 0 Å². The zero-order chi connectivity index (χ0) is 37.2. The van der Waals surface area contributed by atoms with Gasteiger partial charge in [-0.1, -0.05) is 159 Å². The molecule has 8 aromatic rings. The van der Waals surface area contributed by atoms with Crippen molar-refractivity contribution in [1.82, 2.24) is 0 Å². The number of para-hydroxylation sites is 3. The van der Waals surface area contributed by atoms with Gasteiger partial charge < -0.3 is 9.80 Å². The van der Waals surface area contributed by atoms with E-state index in [1.54, 1.807) is 0 Å². The molecular weight excluding hydrogens is 665 g/mol. The Morgan fingerprint density at radius 2 is 0.691 bits per heavy atom. The summed E-state index contributed by atoms with van der Waals surface area (Å²) in [6, 6.07) is 74.0. The van der Waals surface area contributed by atoms with E-state index in [2.05, 4.69) is 242 Å². The molecule has 0 heterocycles. The highest BCUT2D eigenvalue weighted by Gasteiger charge is 2.35. The summed E-state index contributed by atoms with van der Waals surface area (Å²) in [5.41, 5.74) is 16.9. The third kappa shape index (κ3) is 6.64. The zero-order valence-corrected chi connectivity index (χ0v) is 31.2. The van der Waals surface area contributed by atoms with Crippen LogP contribution in [0.3, 0.4) is 0 Å². The van der Waals surface area contributed by atoms with Crippen LogP contribution in [0.15, 0.2) is 206 Å². The van der Waals surface area contributed by atoms with Gasteiger partial charge in [0.15, 0.2) is 0 Å². The van der Waals surface area contributed by atoms with Crippen LogP contribution in [0.2, 0.25) is 0 Å². The molecule has 0 unspecified atom stereocenters. The van der Waals surface area contributed by atoms with Crippen molar-refractivity contribution in [3.63, 3.8) is 0 Å². The summed E-state index contributed by atoms with van der Waals surface area (Å²) in [7, 11) is 0. The molecule has 0 N–H and O–H groups in total. The molecule has 9 rings (SSSR count). The molecule has 264 valence electrons. The Balaban J connectivity index is 0.936. The van der Waals surface area contributed by atoms with Crippen LogP contribution >= 0.6 is 0 Å². The number of rotatable bonds is 9. The van der Waals surface area contributed by atoms with Crippen LogP contribution in [0, 0.1) is 0 Å². The molecule has 0 bridgehead atoms. The van der Waals surface area contributed by atoms with Crippen LogP contribution in [-0.2, 0) is 5.41 Å². The lowest BCUT2D eigenvalue weighted by molar-refractivity contribution is 0.660. The van der Waals surface area contributed by atoms with Crippen molar-refractivity contribution in [2.75, 3.05) is 9.80 Å². The van der Waals surface area contributed by atoms with Crippen LogP contribution < -0.4 is 9.80 Å². The second kappa shape index (κ2) is 14.5. The number of hydrogen-bond acceptors (Lipinski definition) is 2. The maximum atomic E-state index is 2.39. The topological polar surface area (TPSA) is 6.48 Å². The van der Waals surface area contributed by atoms with Gasteiger partial charge in [-0.05, 0) is 117 Å².